The van der Waals surface area contributed by atoms with Crippen LogP contribution < -0.4 is 10.6 Å². The lowest BCUT2D eigenvalue weighted by Crippen LogP contribution is -2.45. The molecule has 8 nitrogen and oxygen atoms in total. The van der Waals surface area contributed by atoms with E-state index in [1.165, 1.54) is 0 Å². The standard InChI is InChI=1S/C15H20N2O4.C8H8O2/c1-11(15(21)16-9-5-8-14(19)20)17-13(18)10-12-6-3-2-4-7-12;9-7-10-6-8-4-2-1-3-5-8/h2-4,6-7,11H,5,8-10H2,1H3,(H,16,21)(H,17,18)(H,19,20);1-5,7H,6H2. The molecule has 166 valence electrons. The number of hydrogen-bond donors (Lipinski definition) is 3. The first-order valence-electron chi connectivity index (χ1n) is 9.84. The lowest BCUT2D eigenvalue weighted by Gasteiger charge is -2.14. The number of aliphatic carboxylic acids is 1. The van der Waals surface area contributed by atoms with E-state index in [0.717, 1.165) is 11.1 Å². The Hall–Kier alpha value is -3.68. The molecule has 0 saturated heterocycles. The van der Waals surface area contributed by atoms with Gasteiger partial charge in [0.1, 0.15) is 12.6 Å². The van der Waals surface area contributed by atoms with Gasteiger partial charge in [-0.25, -0.2) is 0 Å². The first-order valence-corrected chi connectivity index (χ1v) is 9.84. The lowest BCUT2D eigenvalue weighted by molar-refractivity contribution is -0.137. The van der Waals surface area contributed by atoms with Crippen LogP contribution in [0, 0.1) is 0 Å². The van der Waals surface area contributed by atoms with Crippen LogP contribution in [-0.4, -0.2) is 41.9 Å². The predicted octanol–water partition coefficient (Wildman–Crippen LogP) is 2.07. The van der Waals surface area contributed by atoms with E-state index in [-0.39, 0.29) is 31.2 Å². The average Bonchev–Trinajstić information content (AvgIpc) is 2.76. The van der Waals surface area contributed by atoms with Crippen LogP contribution in [0.1, 0.15) is 30.9 Å². The quantitative estimate of drug-likeness (QED) is 0.372. The minimum atomic E-state index is -0.895. The number of carboxylic acids is 1. The van der Waals surface area contributed by atoms with Crippen molar-refractivity contribution in [2.45, 2.75) is 38.8 Å². The van der Waals surface area contributed by atoms with Crippen molar-refractivity contribution in [1.29, 1.82) is 0 Å². The second kappa shape index (κ2) is 15.2. The minimum Gasteiger partial charge on any atom is -0.481 e. The Balaban J connectivity index is 0.000000399. The fraction of sp³-hybridized carbons (Fsp3) is 0.304. The molecule has 0 aliphatic rings. The van der Waals surface area contributed by atoms with Crippen LogP contribution in [0.4, 0.5) is 0 Å². The smallest absolute Gasteiger partial charge is 0.303 e. The highest BCUT2D eigenvalue weighted by atomic mass is 16.5. The van der Waals surface area contributed by atoms with Crippen LogP contribution >= 0.6 is 0 Å². The van der Waals surface area contributed by atoms with E-state index in [1.807, 2.05) is 60.7 Å². The van der Waals surface area contributed by atoms with E-state index in [2.05, 4.69) is 15.4 Å². The SMILES string of the molecule is CC(NC(=O)Cc1ccccc1)C(=O)NCCCC(=O)O.O=COCc1ccccc1. The number of carboxylic acid groups (broad SMARTS) is 1. The third-order valence-corrected chi connectivity index (χ3v) is 4.01. The molecule has 2 amide bonds. The van der Waals surface area contributed by atoms with Crippen molar-refractivity contribution in [3.05, 3.63) is 71.8 Å². The molecule has 0 radical (unpaired) electrons. The van der Waals surface area contributed by atoms with Crippen molar-refractivity contribution >= 4 is 24.3 Å². The number of nitrogens with one attached hydrogen (secondary N) is 2. The summed E-state index contributed by atoms with van der Waals surface area (Å²) in [6.07, 6.45) is 0.595. The van der Waals surface area contributed by atoms with Crippen molar-refractivity contribution < 1.29 is 29.0 Å². The van der Waals surface area contributed by atoms with Crippen LogP contribution in [0.25, 0.3) is 0 Å². The van der Waals surface area contributed by atoms with E-state index >= 15 is 0 Å². The van der Waals surface area contributed by atoms with Gasteiger partial charge in [-0.15, -0.1) is 0 Å². The lowest BCUT2D eigenvalue weighted by atomic mass is 10.1. The van der Waals surface area contributed by atoms with Gasteiger partial charge in [0.2, 0.25) is 11.8 Å². The number of hydrogen-bond acceptors (Lipinski definition) is 5. The van der Waals surface area contributed by atoms with Crippen LogP contribution in [0.2, 0.25) is 0 Å². The molecule has 1 atom stereocenters. The molecule has 31 heavy (non-hydrogen) atoms. The van der Waals surface area contributed by atoms with Gasteiger partial charge >= 0.3 is 5.97 Å². The minimum absolute atomic E-state index is 0.00896. The summed E-state index contributed by atoms with van der Waals surface area (Å²) in [6.45, 7) is 2.69. The van der Waals surface area contributed by atoms with Crippen LogP contribution in [0.15, 0.2) is 60.7 Å². The molecule has 0 saturated carbocycles. The third kappa shape index (κ3) is 12.5. The highest BCUT2D eigenvalue weighted by Crippen LogP contribution is 2.00. The summed E-state index contributed by atoms with van der Waals surface area (Å²) in [5.41, 5.74) is 1.89. The first-order chi connectivity index (χ1) is 14.9. The summed E-state index contributed by atoms with van der Waals surface area (Å²) < 4.78 is 4.54. The number of benzene rings is 2. The third-order valence-electron chi connectivity index (χ3n) is 4.01. The molecule has 8 heteroatoms. The summed E-state index contributed by atoms with van der Waals surface area (Å²) in [5.74, 6) is -1.44. The van der Waals surface area contributed by atoms with Gasteiger partial charge < -0.3 is 20.5 Å². The van der Waals surface area contributed by atoms with Gasteiger partial charge in [-0.1, -0.05) is 60.7 Å². The zero-order chi connectivity index (χ0) is 22.9. The average molecular weight is 428 g/mol. The molecule has 0 aliphatic carbocycles. The van der Waals surface area contributed by atoms with Gasteiger partial charge in [-0.2, -0.15) is 0 Å². The Morgan fingerprint density at radius 2 is 1.58 bits per heavy atom. The summed E-state index contributed by atoms with van der Waals surface area (Å²) in [5, 5.41) is 13.7. The van der Waals surface area contributed by atoms with Gasteiger partial charge in [0.15, 0.2) is 0 Å². The van der Waals surface area contributed by atoms with Gasteiger partial charge in [-0.3, -0.25) is 19.2 Å². The molecular weight excluding hydrogens is 400 g/mol. The van der Waals surface area contributed by atoms with E-state index in [4.69, 9.17) is 5.11 Å². The molecule has 0 aliphatic heterocycles. The van der Waals surface area contributed by atoms with Gasteiger partial charge in [-0.05, 0) is 24.5 Å². The normalized spacial score (nSPS) is 10.6. The molecule has 2 aromatic carbocycles. The topological polar surface area (TPSA) is 122 Å². The van der Waals surface area contributed by atoms with Gasteiger partial charge in [0.25, 0.3) is 6.47 Å². The summed E-state index contributed by atoms with van der Waals surface area (Å²) in [6, 6.07) is 18.2. The van der Waals surface area contributed by atoms with E-state index in [0.29, 0.717) is 19.5 Å². The molecule has 1 unspecified atom stereocenters. The van der Waals surface area contributed by atoms with Crippen LogP contribution in [0.3, 0.4) is 0 Å². The number of amides is 2. The monoisotopic (exact) mass is 428 g/mol. The maximum Gasteiger partial charge on any atom is 0.303 e. The van der Waals surface area contributed by atoms with E-state index in [9.17, 15) is 19.2 Å². The largest absolute Gasteiger partial charge is 0.481 e. The molecule has 0 spiro atoms. The molecule has 0 aromatic heterocycles. The molecule has 0 bridgehead atoms. The van der Waals surface area contributed by atoms with E-state index < -0.39 is 12.0 Å². The molecule has 3 N–H and O–H groups in total. The van der Waals surface area contributed by atoms with Crippen molar-refractivity contribution in [3.8, 4) is 0 Å². The summed E-state index contributed by atoms with van der Waals surface area (Å²) in [7, 11) is 0. The Bertz CT molecular complexity index is 811. The number of ether oxygens (including phenoxy) is 1. The van der Waals surface area contributed by atoms with Crippen molar-refractivity contribution in [2.75, 3.05) is 6.54 Å². The van der Waals surface area contributed by atoms with Gasteiger partial charge in [0, 0.05) is 13.0 Å². The maximum atomic E-state index is 11.8. The molecule has 0 fully saturated rings. The Kier molecular flexibility index (Phi) is 12.4. The van der Waals surface area contributed by atoms with Crippen LogP contribution in [0.5, 0.6) is 0 Å². The van der Waals surface area contributed by atoms with Crippen LogP contribution in [-0.2, 0) is 36.9 Å². The number of carbonyl (C=O) groups excluding carboxylic acids is 3. The number of carbonyl (C=O) groups is 4. The fourth-order valence-electron chi connectivity index (χ4n) is 2.45. The first kappa shape index (κ1) is 25.4. The predicted molar refractivity (Wildman–Crippen MR) is 115 cm³/mol. The van der Waals surface area contributed by atoms with Crippen molar-refractivity contribution in [1.82, 2.24) is 10.6 Å². The maximum absolute atomic E-state index is 11.8. The van der Waals surface area contributed by atoms with E-state index in [1.54, 1.807) is 6.92 Å². The van der Waals surface area contributed by atoms with Crippen molar-refractivity contribution in [3.63, 3.8) is 0 Å². The van der Waals surface area contributed by atoms with Gasteiger partial charge in [0.05, 0.1) is 6.42 Å². The summed E-state index contributed by atoms with van der Waals surface area (Å²) in [4.78, 5) is 43.6. The second-order valence-electron chi connectivity index (χ2n) is 6.63. The molecular formula is C23H28N2O6. The van der Waals surface area contributed by atoms with Crippen molar-refractivity contribution in [2.24, 2.45) is 0 Å². The summed E-state index contributed by atoms with van der Waals surface area (Å²) >= 11 is 0. The zero-order valence-corrected chi connectivity index (χ0v) is 17.5. The highest BCUT2D eigenvalue weighted by molar-refractivity contribution is 5.88. The Morgan fingerprint density at radius 3 is 2.13 bits per heavy atom. The highest BCUT2D eigenvalue weighted by Gasteiger charge is 2.15. The fourth-order valence-corrected chi connectivity index (χ4v) is 2.45. The Labute approximate surface area is 181 Å². The number of rotatable bonds is 11. The Morgan fingerprint density at radius 1 is 1.00 bits per heavy atom. The zero-order valence-electron chi connectivity index (χ0n) is 17.5. The second-order valence-corrected chi connectivity index (χ2v) is 6.63. The molecule has 0 heterocycles. The molecule has 2 rings (SSSR count). The molecule has 2 aromatic rings.